The monoisotopic (exact) mass is 296 g/mol. The van der Waals surface area contributed by atoms with E-state index in [0.29, 0.717) is 18.6 Å². The Morgan fingerprint density at radius 3 is 2.11 bits per heavy atom. The van der Waals surface area contributed by atoms with Gasteiger partial charge in [0, 0.05) is 24.2 Å². The van der Waals surface area contributed by atoms with Crippen LogP contribution in [-0.4, -0.2) is 20.5 Å². The lowest BCUT2D eigenvalue weighted by atomic mass is 10.1. The molecule has 0 heterocycles. The van der Waals surface area contributed by atoms with E-state index in [9.17, 15) is 21.6 Å². The lowest BCUT2D eigenvalue weighted by molar-refractivity contribution is 0.483. The molecule has 0 bridgehead atoms. The summed E-state index contributed by atoms with van der Waals surface area (Å²) in [5.74, 6) is -4.13. The van der Waals surface area contributed by atoms with E-state index in [0.717, 1.165) is 0 Å². The molecular weight excluding hydrogens is 281 g/mol. The maximum atomic E-state index is 13.4. The molecule has 2 unspecified atom stereocenters. The predicted octanol–water partition coefficient (Wildman–Crippen LogP) is 1.51. The predicted molar refractivity (Wildman–Crippen MR) is 64.4 cm³/mol. The molecule has 0 aliphatic carbocycles. The molecule has 108 valence electrons. The average molecular weight is 296 g/mol. The summed E-state index contributed by atoms with van der Waals surface area (Å²) in [4.78, 5) is -1.19. The van der Waals surface area contributed by atoms with E-state index >= 15 is 0 Å². The third-order valence-electron chi connectivity index (χ3n) is 2.31. The second kappa shape index (κ2) is 5.89. The third kappa shape index (κ3) is 4.19. The summed E-state index contributed by atoms with van der Waals surface area (Å²) in [6.07, 6.45) is 0.295. The molecule has 0 aliphatic heterocycles. The molecule has 0 fully saturated rings. The van der Waals surface area contributed by atoms with Crippen LogP contribution >= 0.6 is 0 Å². The van der Waals surface area contributed by atoms with Gasteiger partial charge in [-0.2, -0.15) is 0 Å². The topological polar surface area (TPSA) is 72.2 Å². The van der Waals surface area contributed by atoms with Crippen molar-refractivity contribution in [3.63, 3.8) is 0 Å². The zero-order valence-corrected chi connectivity index (χ0v) is 11.3. The second-order valence-electron chi connectivity index (χ2n) is 4.43. The van der Waals surface area contributed by atoms with Crippen molar-refractivity contribution in [3.05, 3.63) is 29.6 Å². The van der Waals surface area contributed by atoms with E-state index in [2.05, 4.69) is 4.72 Å². The molecule has 1 aromatic rings. The molecule has 4 nitrogen and oxygen atoms in total. The number of rotatable bonds is 5. The van der Waals surface area contributed by atoms with Crippen molar-refractivity contribution >= 4 is 10.0 Å². The van der Waals surface area contributed by atoms with Crippen LogP contribution in [0.2, 0.25) is 0 Å². The van der Waals surface area contributed by atoms with Gasteiger partial charge in [0.2, 0.25) is 10.0 Å². The fourth-order valence-corrected chi connectivity index (χ4v) is 3.09. The number of nitrogens with one attached hydrogen (secondary N) is 1. The molecule has 0 spiro atoms. The van der Waals surface area contributed by atoms with Gasteiger partial charge in [-0.3, -0.25) is 0 Å². The van der Waals surface area contributed by atoms with Crippen molar-refractivity contribution in [2.75, 3.05) is 0 Å². The van der Waals surface area contributed by atoms with Crippen LogP contribution in [-0.2, 0) is 10.0 Å². The number of hydrogen-bond acceptors (Lipinski definition) is 3. The molecule has 19 heavy (non-hydrogen) atoms. The number of halogens is 3. The maximum Gasteiger partial charge on any atom is 0.246 e. The molecule has 0 saturated carbocycles. The van der Waals surface area contributed by atoms with Crippen molar-refractivity contribution in [3.8, 4) is 0 Å². The summed E-state index contributed by atoms with van der Waals surface area (Å²) in [5.41, 5.74) is 5.50. The summed E-state index contributed by atoms with van der Waals surface area (Å²) < 4.78 is 65.3. The van der Waals surface area contributed by atoms with Crippen LogP contribution in [0.4, 0.5) is 13.2 Å². The lowest BCUT2D eigenvalue weighted by Crippen LogP contribution is -2.37. The molecule has 1 rings (SSSR count). The molecule has 0 radical (unpaired) electrons. The zero-order chi connectivity index (χ0) is 14.8. The van der Waals surface area contributed by atoms with Crippen LogP contribution in [0.5, 0.6) is 0 Å². The highest BCUT2D eigenvalue weighted by Gasteiger charge is 2.26. The van der Waals surface area contributed by atoms with Crippen LogP contribution < -0.4 is 10.5 Å². The van der Waals surface area contributed by atoms with E-state index < -0.39 is 38.4 Å². The Balaban J connectivity index is 3.08. The van der Waals surface area contributed by atoms with Crippen LogP contribution in [0, 0.1) is 17.5 Å². The molecule has 1 aromatic carbocycles. The first-order valence-electron chi connectivity index (χ1n) is 5.56. The van der Waals surface area contributed by atoms with Crippen LogP contribution in [0.15, 0.2) is 17.0 Å². The highest BCUT2D eigenvalue weighted by Crippen LogP contribution is 2.20. The molecule has 2 atom stereocenters. The first-order chi connectivity index (χ1) is 8.63. The quantitative estimate of drug-likeness (QED) is 0.865. The van der Waals surface area contributed by atoms with E-state index in [4.69, 9.17) is 5.73 Å². The Morgan fingerprint density at radius 2 is 1.68 bits per heavy atom. The summed E-state index contributed by atoms with van der Waals surface area (Å²) in [5, 5.41) is 0. The normalized spacial score (nSPS) is 15.3. The fourth-order valence-electron chi connectivity index (χ4n) is 1.72. The second-order valence-corrected chi connectivity index (χ2v) is 6.08. The van der Waals surface area contributed by atoms with Crippen molar-refractivity contribution < 1.29 is 21.6 Å². The van der Waals surface area contributed by atoms with Crippen molar-refractivity contribution in [1.82, 2.24) is 4.72 Å². The minimum atomic E-state index is -4.41. The number of benzene rings is 1. The minimum absolute atomic E-state index is 0.277. The molecule has 0 aromatic heterocycles. The number of sulfonamides is 1. The molecule has 3 N–H and O–H groups in total. The van der Waals surface area contributed by atoms with Crippen molar-refractivity contribution in [1.29, 1.82) is 0 Å². The zero-order valence-electron chi connectivity index (χ0n) is 10.5. The van der Waals surface area contributed by atoms with Crippen molar-refractivity contribution in [2.45, 2.75) is 37.2 Å². The highest BCUT2D eigenvalue weighted by molar-refractivity contribution is 7.89. The van der Waals surface area contributed by atoms with Gasteiger partial charge >= 0.3 is 0 Å². The standard InChI is InChI=1S/C11H15F3N2O2S/c1-6(15)3-7(2)16-19(17,18)11-9(13)4-8(12)5-10(11)14/h4-7,16H,3,15H2,1-2H3. The van der Waals surface area contributed by atoms with Gasteiger partial charge in [0.15, 0.2) is 4.90 Å². The fraction of sp³-hybridized carbons (Fsp3) is 0.455. The Bertz CT molecular complexity index is 538. The lowest BCUT2D eigenvalue weighted by Gasteiger charge is -2.16. The van der Waals surface area contributed by atoms with E-state index in [-0.39, 0.29) is 6.04 Å². The summed E-state index contributed by atoms with van der Waals surface area (Å²) in [7, 11) is -4.41. The Morgan fingerprint density at radius 1 is 1.21 bits per heavy atom. The minimum Gasteiger partial charge on any atom is -0.328 e. The first-order valence-corrected chi connectivity index (χ1v) is 7.04. The van der Waals surface area contributed by atoms with Crippen LogP contribution in [0.25, 0.3) is 0 Å². The Labute approximate surface area is 109 Å². The van der Waals surface area contributed by atoms with Gasteiger partial charge in [0.1, 0.15) is 17.5 Å². The number of hydrogen-bond donors (Lipinski definition) is 2. The molecule has 0 aliphatic rings. The highest BCUT2D eigenvalue weighted by atomic mass is 32.2. The van der Waals surface area contributed by atoms with Gasteiger partial charge in [0.05, 0.1) is 0 Å². The summed E-state index contributed by atoms with van der Waals surface area (Å²) in [6.45, 7) is 3.18. The third-order valence-corrected chi connectivity index (χ3v) is 3.95. The average Bonchev–Trinajstić information content (AvgIpc) is 2.10. The van der Waals surface area contributed by atoms with Crippen LogP contribution in [0.1, 0.15) is 20.3 Å². The summed E-state index contributed by atoms with van der Waals surface area (Å²) in [6, 6.07) is -0.253. The van der Waals surface area contributed by atoms with Gasteiger partial charge in [-0.25, -0.2) is 26.3 Å². The van der Waals surface area contributed by atoms with Gasteiger partial charge in [-0.15, -0.1) is 0 Å². The molecular formula is C11H15F3N2O2S. The van der Waals surface area contributed by atoms with Gasteiger partial charge in [0.25, 0.3) is 0 Å². The number of nitrogens with two attached hydrogens (primary N) is 1. The van der Waals surface area contributed by atoms with Gasteiger partial charge in [-0.05, 0) is 20.3 Å². The van der Waals surface area contributed by atoms with E-state index in [1.807, 2.05) is 0 Å². The first kappa shape index (κ1) is 15.9. The van der Waals surface area contributed by atoms with Crippen LogP contribution in [0.3, 0.4) is 0 Å². The largest absolute Gasteiger partial charge is 0.328 e. The maximum absolute atomic E-state index is 13.4. The SMILES string of the molecule is CC(N)CC(C)NS(=O)(=O)c1c(F)cc(F)cc1F. The molecule has 0 amide bonds. The van der Waals surface area contributed by atoms with Crippen molar-refractivity contribution in [2.24, 2.45) is 5.73 Å². The smallest absolute Gasteiger partial charge is 0.246 e. The van der Waals surface area contributed by atoms with E-state index in [1.165, 1.54) is 6.92 Å². The van der Waals surface area contributed by atoms with Gasteiger partial charge in [-0.1, -0.05) is 0 Å². The van der Waals surface area contributed by atoms with E-state index in [1.54, 1.807) is 6.92 Å². The Kier molecular flexibility index (Phi) is 4.94. The van der Waals surface area contributed by atoms with Gasteiger partial charge < -0.3 is 5.73 Å². The molecule has 0 saturated heterocycles. The Hall–Kier alpha value is -1.12. The summed E-state index contributed by atoms with van der Waals surface area (Å²) >= 11 is 0. The molecule has 8 heteroatoms.